The second-order valence-electron chi connectivity index (χ2n) is 7.77. The number of thiazole rings is 1. The van der Waals surface area contributed by atoms with Gasteiger partial charge < -0.3 is 15.4 Å². The summed E-state index contributed by atoms with van der Waals surface area (Å²) < 4.78 is 31.3. The Morgan fingerprint density at radius 3 is 2.85 bits per heavy atom. The highest BCUT2D eigenvalue weighted by Crippen LogP contribution is 2.38. The van der Waals surface area contributed by atoms with E-state index in [-0.39, 0.29) is 23.1 Å². The van der Waals surface area contributed by atoms with Crippen LogP contribution in [0.3, 0.4) is 0 Å². The molecule has 34 heavy (non-hydrogen) atoms. The van der Waals surface area contributed by atoms with Crippen molar-refractivity contribution in [2.75, 3.05) is 18.5 Å². The molecule has 2 amide bonds. The molecule has 0 unspecified atom stereocenters. The van der Waals surface area contributed by atoms with Gasteiger partial charge in [-0.1, -0.05) is 6.07 Å². The van der Waals surface area contributed by atoms with Crippen LogP contribution in [0, 0.1) is 11.3 Å². The number of nitriles is 1. The van der Waals surface area contributed by atoms with E-state index < -0.39 is 23.7 Å². The number of hydrogen-bond donors (Lipinski definition) is 2. The molecule has 3 heterocycles. The standard InChI is InChI=1S/C23H19F2N5O3S/c1-23(12-26)7-8-33-18-6-5-13(9-14(18)23)21(32)27-10-19(31)30-22-29-17(11-34-22)15-3-2-4-16(28-15)20(24)25/h2-6,9,11,20H,7-8,10H2,1H3,(H,27,32)(H,29,30,31)/t23-/m0/s1. The van der Waals surface area contributed by atoms with Crippen LogP contribution in [-0.2, 0) is 10.2 Å². The minimum Gasteiger partial charge on any atom is -0.493 e. The first-order valence-corrected chi connectivity index (χ1v) is 11.1. The third-order valence-corrected chi connectivity index (χ3v) is 6.12. The molecule has 0 saturated heterocycles. The Balaban J connectivity index is 1.37. The highest BCUT2D eigenvalue weighted by molar-refractivity contribution is 7.14. The normalized spacial score (nSPS) is 16.8. The number of aromatic nitrogens is 2. The number of nitrogens with one attached hydrogen (secondary N) is 2. The van der Waals surface area contributed by atoms with E-state index in [1.54, 1.807) is 36.6 Å². The van der Waals surface area contributed by atoms with Crippen LogP contribution >= 0.6 is 11.3 Å². The van der Waals surface area contributed by atoms with Crippen LogP contribution in [0.5, 0.6) is 5.75 Å². The second kappa shape index (κ2) is 9.52. The number of rotatable bonds is 6. The van der Waals surface area contributed by atoms with Crippen molar-refractivity contribution in [2.45, 2.75) is 25.2 Å². The topological polar surface area (TPSA) is 117 Å². The van der Waals surface area contributed by atoms with Crippen molar-refractivity contribution in [3.8, 4) is 23.2 Å². The molecule has 0 aliphatic carbocycles. The van der Waals surface area contributed by atoms with Gasteiger partial charge in [-0.25, -0.2) is 18.7 Å². The maximum absolute atomic E-state index is 12.9. The lowest BCUT2D eigenvalue weighted by Crippen LogP contribution is -2.33. The van der Waals surface area contributed by atoms with Gasteiger partial charge in [-0.3, -0.25) is 9.59 Å². The number of carbonyl (C=O) groups is 2. The van der Waals surface area contributed by atoms with Crippen molar-refractivity contribution in [2.24, 2.45) is 0 Å². The molecule has 2 aromatic heterocycles. The zero-order valence-corrected chi connectivity index (χ0v) is 18.8. The van der Waals surface area contributed by atoms with E-state index in [1.165, 1.54) is 12.1 Å². The fourth-order valence-electron chi connectivity index (χ4n) is 3.43. The molecule has 0 bridgehead atoms. The first kappa shape index (κ1) is 23.3. The Labute approximate surface area is 197 Å². The molecule has 1 aliphatic rings. The second-order valence-corrected chi connectivity index (χ2v) is 8.63. The molecule has 0 spiro atoms. The number of ether oxygens (including phenoxy) is 1. The summed E-state index contributed by atoms with van der Waals surface area (Å²) in [5.41, 5.74) is 0.446. The Kier molecular flexibility index (Phi) is 6.51. The molecule has 2 N–H and O–H groups in total. The Bertz CT molecular complexity index is 1290. The molecule has 0 fully saturated rings. The van der Waals surface area contributed by atoms with Crippen molar-refractivity contribution in [1.29, 1.82) is 5.26 Å². The number of nitrogens with zero attached hydrogens (tertiary/aromatic N) is 3. The molecule has 1 aromatic carbocycles. The smallest absolute Gasteiger partial charge is 0.280 e. The lowest BCUT2D eigenvalue weighted by Gasteiger charge is -2.30. The SMILES string of the molecule is C[C@@]1(C#N)CCOc2ccc(C(=O)NCC(=O)Nc3nc(-c4cccc(C(F)F)n4)cs3)cc21. The van der Waals surface area contributed by atoms with E-state index in [4.69, 9.17) is 4.74 Å². The number of hydrogen-bond acceptors (Lipinski definition) is 7. The van der Waals surface area contributed by atoms with Crippen molar-refractivity contribution in [3.05, 3.63) is 58.6 Å². The van der Waals surface area contributed by atoms with E-state index in [0.717, 1.165) is 11.3 Å². The van der Waals surface area contributed by atoms with Crippen LogP contribution in [0.15, 0.2) is 41.8 Å². The van der Waals surface area contributed by atoms with E-state index in [2.05, 4.69) is 26.7 Å². The van der Waals surface area contributed by atoms with Crippen LogP contribution in [0.4, 0.5) is 13.9 Å². The summed E-state index contributed by atoms with van der Waals surface area (Å²) in [6.07, 6.45) is -2.18. The third-order valence-electron chi connectivity index (χ3n) is 5.36. The van der Waals surface area contributed by atoms with Crippen molar-refractivity contribution < 1.29 is 23.1 Å². The summed E-state index contributed by atoms with van der Waals surface area (Å²) in [5.74, 6) is -0.416. The highest BCUT2D eigenvalue weighted by atomic mass is 32.1. The average molecular weight is 484 g/mol. The number of fused-ring (bicyclic) bond motifs is 1. The molecular weight excluding hydrogens is 464 g/mol. The fraction of sp³-hybridized carbons (Fsp3) is 0.261. The van der Waals surface area contributed by atoms with Crippen LogP contribution in [-0.4, -0.2) is 34.9 Å². The van der Waals surface area contributed by atoms with Gasteiger partial charge in [-0.05, 0) is 37.3 Å². The fourth-order valence-corrected chi connectivity index (χ4v) is 4.16. The van der Waals surface area contributed by atoms with Crippen molar-refractivity contribution in [3.63, 3.8) is 0 Å². The van der Waals surface area contributed by atoms with Gasteiger partial charge in [0, 0.05) is 22.9 Å². The molecule has 0 saturated carbocycles. The summed E-state index contributed by atoms with van der Waals surface area (Å²) in [7, 11) is 0. The number of alkyl halides is 2. The average Bonchev–Trinajstić information content (AvgIpc) is 3.31. The summed E-state index contributed by atoms with van der Waals surface area (Å²) in [5, 5.41) is 16.5. The minimum absolute atomic E-state index is 0.245. The zero-order valence-electron chi connectivity index (χ0n) is 18.0. The molecule has 1 aliphatic heterocycles. The van der Waals surface area contributed by atoms with Gasteiger partial charge in [-0.15, -0.1) is 11.3 Å². The van der Waals surface area contributed by atoms with Gasteiger partial charge in [0.1, 0.15) is 17.1 Å². The molecular formula is C23H19F2N5O3S. The molecule has 4 rings (SSSR count). The first-order valence-electron chi connectivity index (χ1n) is 10.3. The Morgan fingerprint density at radius 2 is 2.09 bits per heavy atom. The Hall–Kier alpha value is -3.91. The number of amides is 2. The summed E-state index contributed by atoms with van der Waals surface area (Å²) in [6.45, 7) is 1.91. The third kappa shape index (κ3) is 4.87. The number of anilines is 1. The summed E-state index contributed by atoms with van der Waals surface area (Å²) in [4.78, 5) is 32.9. The Morgan fingerprint density at radius 1 is 1.26 bits per heavy atom. The lowest BCUT2D eigenvalue weighted by molar-refractivity contribution is -0.115. The monoisotopic (exact) mass is 483 g/mol. The van der Waals surface area contributed by atoms with Crippen LogP contribution in [0.1, 0.15) is 41.4 Å². The van der Waals surface area contributed by atoms with Crippen LogP contribution in [0.25, 0.3) is 11.4 Å². The van der Waals surface area contributed by atoms with Crippen LogP contribution in [0.2, 0.25) is 0 Å². The number of pyridine rings is 1. The summed E-state index contributed by atoms with van der Waals surface area (Å²) >= 11 is 1.11. The number of halogens is 2. The predicted octanol–water partition coefficient (Wildman–Crippen LogP) is 4.07. The highest BCUT2D eigenvalue weighted by Gasteiger charge is 2.34. The molecule has 1 atom stereocenters. The van der Waals surface area contributed by atoms with Crippen LogP contribution < -0.4 is 15.4 Å². The quantitative estimate of drug-likeness (QED) is 0.546. The molecule has 8 nitrogen and oxygen atoms in total. The molecule has 174 valence electrons. The van der Waals surface area contributed by atoms with E-state index >= 15 is 0 Å². The predicted molar refractivity (Wildman–Crippen MR) is 121 cm³/mol. The van der Waals surface area contributed by atoms with E-state index in [1.807, 2.05) is 0 Å². The number of benzene rings is 1. The minimum atomic E-state index is -2.70. The number of carbonyl (C=O) groups excluding carboxylic acids is 2. The summed E-state index contributed by atoms with van der Waals surface area (Å²) in [6, 6.07) is 11.3. The zero-order chi connectivity index (χ0) is 24.3. The molecule has 3 aromatic rings. The van der Waals surface area contributed by atoms with Crippen molar-refractivity contribution >= 4 is 28.3 Å². The first-order chi connectivity index (χ1) is 16.3. The van der Waals surface area contributed by atoms with Gasteiger partial charge >= 0.3 is 0 Å². The molecule has 0 radical (unpaired) electrons. The maximum Gasteiger partial charge on any atom is 0.280 e. The van der Waals surface area contributed by atoms with Gasteiger partial charge in [0.15, 0.2) is 5.13 Å². The van der Waals surface area contributed by atoms with Gasteiger partial charge in [0.05, 0.1) is 30.3 Å². The lowest BCUT2D eigenvalue weighted by atomic mass is 9.78. The van der Waals surface area contributed by atoms with E-state index in [0.29, 0.717) is 35.6 Å². The van der Waals surface area contributed by atoms with E-state index in [9.17, 15) is 23.6 Å². The van der Waals surface area contributed by atoms with Gasteiger partial charge in [0.2, 0.25) is 5.91 Å². The van der Waals surface area contributed by atoms with Gasteiger partial charge in [0.25, 0.3) is 12.3 Å². The van der Waals surface area contributed by atoms with Crippen molar-refractivity contribution in [1.82, 2.24) is 15.3 Å². The largest absolute Gasteiger partial charge is 0.493 e. The molecule has 11 heteroatoms. The maximum atomic E-state index is 12.9. The van der Waals surface area contributed by atoms with Gasteiger partial charge in [-0.2, -0.15) is 5.26 Å².